The predicted molar refractivity (Wildman–Crippen MR) is 78.7 cm³/mol. The molecule has 2 rings (SSSR count). The first-order valence-corrected chi connectivity index (χ1v) is 9.71. The van der Waals surface area contributed by atoms with E-state index < -0.39 is 20.2 Å². The lowest BCUT2D eigenvalue weighted by Crippen LogP contribution is -2.49. The fourth-order valence-corrected chi connectivity index (χ4v) is 4.51. The maximum absolute atomic E-state index is 12.0. The predicted octanol–water partition coefficient (Wildman–Crippen LogP) is 0.988. The summed E-state index contributed by atoms with van der Waals surface area (Å²) in [5, 5.41) is -0.685. The number of hydrogen-bond acceptors (Lipinski definition) is 6. The summed E-state index contributed by atoms with van der Waals surface area (Å²) in [6.45, 7) is 4.84. The molecule has 1 saturated carbocycles. The fourth-order valence-electron chi connectivity index (χ4n) is 3.16. The van der Waals surface area contributed by atoms with Crippen molar-refractivity contribution in [3.63, 3.8) is 0 Å². The van der Waals surface area contributed by atoms with Gasteiger partial charge in [-0.3, -0.25) is 9.69 Å². The summed E-state index contributed by atoms with van der Waals surface area (Å²) in [4.78, 5) is 14.2. The molecule has 3 unspecified atom stereocenters. The summed E-state index contributed by atoms with van der Waals surface area (Å²) >= 11 is 0. The third-order valence-electron chi connectivity index (χ3n) is 4.22. The van der Waals surface area contributed by atoms with Crippen molar-refractivity contribution in [1.29, 1.82) is 0 Å². The van der Waals surface area contributed by atoms with Gasteiger partial charge in [-0.15, -0.1) is 0 Å². The number of carbonyl (C=O) groups is 1. The van der Waals surface area contributed by atoms with Crippen LogP contribution in [0, 0.1) is 5.92 Å². The van der Waals surface area contributed by atoms with E-state index in [-0.39, 0.29) is 18.4 Å². The van der Waals surface area contributed by atoms with Gasteiger partial charge in [0.2, 0.25) is 9.05 Å². The van der Waals surface area contributed by atoms with Crippen molar-refractivity contribution < 1.29 is 22.7 Å². The van der Waals surface area contributed by atoms with Crippen LogP contribution in [-0.2, 0) is 23.3 Å². The van der Waals surface area contributed by atoms with Gasteiger partial charge in [0.1, 0.15) is 0 Å². The average molecular weight is 340 g/mol. The molecule has 2 fully saturated rings. The highest BCUT2D eigenvalue weighted by Gasteiger charge is 2.41. The van der Waals surface area contributed by atoms with Crippen LogP contribution in [0.25, 0.3) is 0 Å². The van der Waals surface area contributed by atoms with E-state index in [2.05, 4.69) is 4.90 Å². The maximum Gasteiger partial charge on any atom is 0.309 e. The number of carbonyl (C=O) groups excluding carboxylic acids is 1. The molecule has 0 amide bonds. The second kappa shape index (κ2) is 7.26. The monoisotopic (exact) mass is 339 g/mol. The molecule has 21 heavy (non-hydrogen) atoms. The number of rotatable bonds is 4. The summed E-state index contributed by atoms with van der Waals surface area (Å²) < 4.78 is 33.8. The Kier molecular flexibility index (Phi) is 5.88. The molecule has 2 aliphatic rings. The van der Waals surface area contributed by atoms with Crippen LogP contribution in [0.2, 0.25) is 0 Å². The van der Waals surface area contributed by atoms with E-state index in [1.807, 2.05) is 0 Å². The number of halogens is 1. The summed E-state index contributed by atoms with van der Waals surface area (Å²) in [7, 11) is 1.87. The highest BCUT2D eigenvalue weighted by atomic mass is 35.7. The van der Waals surface area contributed by atoms with E-state index >= 15 is 0 Å². The standard InChI is InChI=1S/C13H22ClNO5S/c1-2-20-13(16)10-7-11(15-3-5-19-6-4-15)9-12(8-10)21(14,17)18/h10-12H,2-9H2,1H3. The molecule has 1 aliphatic carbocycles. The quantitative estimate of drug-likeness (QED) is 0.561. The highest BCUT2D eigenvalue weighted by Crippen LogP contribution is 2.34. The van der Waals surface area contributed by atoms with Gasteiger partial charge in [0.15, 0.2) is 0 Å². The number of nitrogens with zero attached hydrogens (tertiary/aromatic N) is 1. The lowest BCUT2D eigenvalue weighted by molar-refractivity contribution is -0.150. The van der Waals surface area contributed by atoms with Crippen LogP contribution in [0.15, 0.2) is 0 Å². The molecule has 6 nitrogen and oxygen atoms in total. The molecule has 3 atom stereocenters. The van der Waals surface area contributed by atoms with Crippen LogP contribution >= 0.6 is 10.7 Å². The molecule has 0 aromatic rings. The first kappa shape index (κ1) is 17.0. The van der Waals surface area contributed by atoms with Crippen molar-refractivity contribution in [3.8, 4) is 0 Å². The third kappa shape index (κ3) is 4.55. The lowest BCUT2D eigenvalue weighted by atomic mass is 9.84. The largest absolute Gasteiger partial charge is 0.466 e. The van der Waals surface area contributed by atoms with Gasteiger partial charge in [0.05, 0.1) is 31.0 Å². The molecule has 0 N–H and O–H groups in total. The molecule has 122 valence electrons. The van der Waals surface area contributed by atoms with Gasteiger partial charge in [0, 0.05) is 29.8 Å². The summed E-state index contributed by atoms with van der Waals surface area (Å²) in [5.74, 6) is -0.717. The Labute approximate surface area is 130 Å². The van der Waals surface area contributed by atoms with E-state index in [0.29, 0.717) is 32.7 Å². The Morgan fingerprint density at radius 3 is 2.52 bits per heavy atom. The van der Waals surface area contributed by atoms with Crippen molar-refractivity contribution >= 4 is 25.7 Å². The third-order valence-corrected chi connectivity index (χ3v) is 6.16. The minimum absolute atomic E-state index is 0.0376. The Balaban J connectivity index is 2.11. The van der Waals surface area contributed by atoms with Gasteiger partial charge in [-0.1, -0.05) is 0 Å². The topological polar surface area (TPSA) is 72.9 Å². The minimum Gasteiger partial charge on any atom is -0.466 e. The Morgan fingerprint density at radius 1 is 1.29 bits per heavy atom. The summed E-state index contributed by atoms with van der Waals surface area (Å²) in [6.07, 6.45) is 1.36. The molecule has 0 aromatic carbocycles. The highest BCUT2D eigenvalue weighted by molar-refractivity contribution is 8.14. The van der Waals surface area contributed by atoms with Gasteiger partial charge in [0.25, 0.3) is 0 Å². The molecule has 1 saturated heterocycles. The van der Waals surface area contributed by atoms with Crippen LogP contribution in [0.1, 0.15) is 26.2 Å². The summed E-state index contributed by atoms with van der Waals surface area (Å²) in [5.41, 5.74) is 0. The molecule has 0 radical (unpaired) electrons. The lowest BCUT2D eigenvalue weighted by Gasteiger charge is -2.40. The zero-order valence-corrected chi connectivity index (χ0v) is 13.7. The van der Waals surface area contributed by atoms with Gasteiger partial charge >= 0.3 is 5.97 Å². The van der Waals surface area contributed by atoms with Crippen molar-refractivity contribution in [1.82, 2.24) is 4.90 Å². The second-order valence-electron chi connectivity index (χ2n) is 5.56. The van der Waals surface area contributed by atoms with E-state index in [1.165, 1.54) is 0 Å². The Morgan fingerprint density at radius 2 is 1.95 bits per heavy atom. The van der Waals surface area contributed by atoms with Crippen molar-refractivity contribution in [2.45, 2.75) is 37.5 Å². The molecule has 0 bridgehead atoms. The summed E-state index contributed by atoms with van der Waals surface area (Å²) in [6, 6.07) is 0.0376. The average Bonchev–Trinajstić information content (AvgIpc) is 2.47. The number of ether oxygens (including phenoxy) is 2. The van der Waals surface area contributed by atoms with Gasteiger partial charge in [-0.25, -0.2) is 8.42 Å². The normalized spacial score (nSPS) is 31.8. The van der Waals surface area contributed by atoms with Gasteiger partial charge in [-0.05, 0) is 26.2 Å². The Bertz CT molecular complexity index is 463. The van der Waals surface area contributed by atoms with Crippen molar-refractivity contribution in [3.05, 3.63) is 0 Å². The first-order chi connectivity index (χ1) is 9.91. The van der Waals surface area contributed by atoms with E-state index in [9.17, 15) is 13.2 Å². The van der Waals surface area contributed by atoms with Crippen LogP contribution in [0.4, 0.5) is 0 Å². The molecular formula is C13H22ClNO5S. The fraction of sp³-hybridized carbons (Fsp3) is 0.923. The van der Waals surface area contributed by atoms with Crippen LogP contribution in [-0.4, -0.2) is 63.5 Å². The molecule has 1 aliphatic heterocycles. The van der Waals surface area contributed by atoms with Crippen LogP contribution in [0.3, 0.4) is 0 Å². The number of hydrogen-bond donors (Lipinski definition) is 0. The smallest absolute Gasteiger partial charge is 0.309 e. The van der Waals surface area contributed by atoms with Crippen molar-refractivity contribution in [2.75, 3.05) is 32.9 Å². The first-order valence-electron chi connectivity index (χ1n) is 7.33. The maximum atomic E-state index is 12.0. The van der Waals surface area contributed by atoms with Gasteiger partial charge < -0.3 is 9.47 Å². The molecule has 1 heterocycles. The minimum atomic E-state index is -3.67. The number of morpholine rings is 1. The SMILES string of the molecule is CCOC(=O)C1CC(N2CCOCC2)CC(S(=O)(=O)Cl)C1. The van der Waals surface area contributed by atoms with E-state index in [0.717, 1.165) is 13.1 Å². The second-order valence-corrected chi connectivity index (χ2v) is 8.46. The molecule has 0 spiro atoms. The van der Waals surface area contributed by atoms with Gasteiger partial charge in [-0.2, -0.15) is 0 Å². The van der Waals surface area contributed by atoms with Crippen LogP contribution < -0.4 is 0 Å². The van der Waals surface area contributed by atoms with Crippen molar-refractivity contribution in [2.24, 2.45) is 5.92 Å². The van der Waals surface area contributed by atoms with E-state index in [1.54, 1.807) is 6.92 Å². The van der Waals surface area contributed by atoms with E-state index in [4.69, 9.17) is 20.2 Å². The zero-order chi connectivity index (χ0) is 15.5. The Hall–Kier alpha value is -0.370. The molecular weight excluding hydrogens is 318 g/mol. The zero-order valence-electron chi connectivity index (χ0n) is 12.2. The molecule has 8 heteroatoms. The molecule has 0 aromatic heterocycles. The number of esters is 1. The van der Waals surface area contributed by atoms with Crippen LogP contribution in [0.5, 0.6) is 0 Å².